The van der Waals surface area contributed by atoms with E-state index in [1.54, 1.807) is 42.5 Å². The van der Waals surface area contributed by atoms with Crippen LogP contribution in [-0.2, 0) is 0 Å². The van der Waals surface area contributed by atoms with E-state index in [9.17, 15) is 9.59 Å². The molecule has 2 aromatic carbocycles. The summed E-state index contributed by atoms with van der Waals surface area (Å²) in [5.74, 6) is 1.07. The van der Waals surface area contributed by atoms with Crippen molar-refractivity contribution in [3.63, 3.8) is 0 Å². The van der Waals surface area contributed by atoms with Crippen LogP contribution in [0.4, 0.5) is 5.69 Å². The second kappa shape index (κ2) is 10.5. The number of ether oxygens (including phenoxy) is 2. The van der Waals surface area contributed by atoms with Crippen molar-refractivity contribution >= 4 is 17.5 Å². The molecule has 29 heavy (non-hydrogen) atoms. The van der Waals surface area contributed by atoms with E-state index in [0.717, 1.165) is 6.42 Å². The minimum atomic E-state index is -0.332. The van der Waals surface area contributed by atoms with Gasteiger partial charge >= 0.3 is 0 Å². The van der Waals surface area contributed by atoms with E-state index in [0.29, 0.717) is 40.8 Å². The number of hydrogen-bond acceptors (Lipinski definition) is 4. The predicted molar refractivity (Wildman–Crippen MR) is 115 cm³/mol. The van der Waals surface area contributed by atoms with Crippen LogP contribution in [0, 0.1) is 5.92 Å². The topological polar surface area (TPSA) is 76.7 Å². The van der Waals surface area contributed by atoms with Crippen LogP contribution in [0.2, 0.25) is 0 Å². The minimum absolute atomic E-state index is 0.00115. The Morgan fingerprint density at radius 2 is 1.69 bits per heavy atom. The van der Waals surface area contributed by atoms with E-state index < -0.39 is 0 Å². The first kappa shape index (κ1) is 22.3. The Kier molecular flexibility index (Phi) is 8.07. The van der Waals surface area contributed by atoms with E-state index in [2.05, 4.69) is 24.5 Å². The van der Waals surface area contributed by atoms with Crippen LogP contribution in [-0.4, -0.2) is 31.6 Å². The van der Waals surface area contributed by atoms with Gasteiger partial charge in [-0.2, -0.15) is 0 Å². The molecule has 0 aliphatic carbocycles. The molecule has 2 rings (SSSR count). The van der Waals surface area contributed by atoms with Crippen molar-refractivity contribution in [1.29, 1.82) is 0 Å². The lowest BCUT2D eigenvalue weighted by molar-refractivity contribution is 0.0944. The molecule has 0 radical (unpaired) electrons. The Labute approximate surface area is 172 Å². The first-order valence-corrected chi connectivity index (χ1v) is 9.84. The van der Waals surface area contributed by atoms with Crippen LogP contribution >= 0.6 is 0 Å². The molecule has 0 saturated carbocycles. The van der Waals surface area contributed by atoms with Crippen LogP contribution in [0.25, 0.3) is 0 Å². The van der Waals surface area contributed by atoms with Gasteiger partial charge in [0.2, 0.25) is 0 Å². The van der Waals surface area contributed by atoms with Crippen molar-refractivity contribution < 1.29 is 19.1 Å². The summed E-state index contributed by atoms with van der Waals surface area (Å²) >= 11 is 0. The first-order valence-electron chi connectivity index (χ1n) is 9.84. The average molecular weight is 399 g/mol. The zero-order chi connectivity index (χ0) is 21.4. The second-order valence-electron chi connectivity index (χ2n) is 7.52. The van der Waals surface area contributed by atoms with Gasteiger partial charge in [0.1, 0.15) is 0 Å². The number of hydrogen-bond donors (Lipinski definition) is 2. The van der Waals surface area contributed by atoms with Gasteiger partial charge in [0, 0.05) is 11.6 Å². The van der Waals surface area contributed by atoms with Gasteiger partial charge in [0.05, 0.1) is 25.0 Å². The van der Waals surface area contributed by atoms with Crippen LogP contribution in [0.3, 0.4) is 0 Å². The molecule has 0 aliphatic heterocycles. The number of carbonyl (C=O) groups is 2. The lowest BCUT2D eigenvalue weighted by Crippen LogP contribution is -2.31. The van der Waals surface area contributed by atoms with Gasteiger partial charge in [0.15, 0.2) is 11.5 Å². The highest BCUT2D eigenvalue weighted by Crippen LogP contribution is 2.29. The molecule has 2 amide bonds. The Hall–Kier alpha value is -3.02. The molecule has 0 unspecified atom stereocenters. The highest BCUT2D eigenvalue weighted by atomic mass is 16.5. The molecule has 0 aromatic heterocycles. The fourth-order valence-electron chi connectivity index (χ4n) is 2.66. The van der Waals surface area contributed by atoms with E-state index >= 15 is 0 Å². The van der Waals surface area contributed by atoms with E-state index in [4.69, 9.17) is 9.47 Å². The smallest absolute Gasteiger partial charge is 0.255 e. The summed E-state index contributed by atoms with van der Waals surface area (Å²) in [5.41, 5.74) is 1.28. The molecule has 0 fully saturated rings. The molecule has 0 bridgehead atoms. The fourth-order valence-corrected chi connectivity index (χ4v) is 2.66. The monoisotopic (exact) mass is 398 g/mol. The van der Waals surface area contributed by atoms with Crippen molar-refractivity contribution in [2.75, 3.05) is 19.0 Å². The Morgan fingerprint density at radius 1 is 0.966 bits per heavy atom. The Balaban J connectivity index is 2.16. The summed E-state index contributed by atoms with van der Waals surface area (Å²) < 4.78 is 11.2. The van der Waals surface area contributed by atoms with Crippen molar-refractivity contribution in [2.24, 2.45) is 5.92 Å². The Bertz CT molecular complexity index is 847. The maximum Gasteiger partial charge on any atom is 0.255 e. The summed E-state index contributed by atoms with van der Waals surface area (Å²) in [6.07, 6.45) is 0.931. The third-order valence-electron chi connectivity index (χ3n) is 4.22. The van der Waals surface area contributed by atoms with Crippen molar-refractivity contribution in [1.82, 2.24) is 5.32 Å². The average Bonchev–Trinajstić information content (AvgIpc) is 2.67. The van der Waals surface area contributed by atoms with Crippen molar-refractivity contribution in [3.8, 4) is 11.5 Å². The Morgan fingerprint density at radius 3 is 2.34 bits per heavy atom. The van der Waals surface area contributed by atoms with Crippen LogP contribution in [0.5, 0.6) is 11.5 Å². The highest BCUT2D eigenvalue weighted by Gasteiger charge is 2.16. The molecule has 156 valence electrons. The number of carbonyl (C=O) groups excluding carboxylic acids is 2. The van der Waals surface area contributed by atoms with Gasteiger partial charge in [-0.25, -0.2) is 0 Å². The summed E-state index contributed by atoms with van der Waals surface area (Å²) in [6.45, 7) is 8.62. The lowest BCUT2D eigenvalue weighted by Gasteiger charge is -2.15. The number of amides is 2. The van der Waals surface area contributed by atoms with Gasteiger partial charge in [-0.15, -0.1) is 0 Å². The molecule has 0 spiro atoms. The standard InChI is InChI=1S/C23H30N2O4/c1-15(2)12-13-29-20-11-10-17(14-21(20)28-5)22(26)25-19-9-7-6-8-18(19)23(27)24-16(3)4/h6-11,14-16H,12-13H2,1-5H3,(H,24,27)(H,25,26). The van der Waals surface area contributed by atoms with Crippen LogP contribution in [0.1, 0.15) is 54.8 Å². The summed E-state index contributed by atoms with van der Waals surface area (Å²) in [5, 5.41) is 5.65. The highest BCUT2D eigenvalue weighted by molar-refractivity contribution is 6.09. The molecule has 0 atom stereocenters. The molecule has 6 heteroatoms. The van der Waals surface area contributed by atoms with Crippen LogP contribution < -0.4 is 20.1 Å². The van der Waals surface area contributed by atoms with Gasteiger partial charge in [-0.05, 0) is 56.5 Å². The van der Waals surface area contributed by atoms with E-state index in [-0.39, 0.29) is 17.9 Å². The molecular weight excluding hydrogens is 368 g/mol. The maximum absolute atomic E-state index is 12.8. The van der Waals surface area contributed by atoms with Crippen molar-refractivity contribution in [3.05, 3.63) is 53.6 Å². The van der Waals surface area contributed by atoms with E-state index in [1.807, 2.05) is 13.8 Å². The minimum Gasteiger partial charge on any atom is -0.493 e. The van der Waals surface area contributed by atoms with Gasteiger partial charge in [-0.3, -0.25) is 9.59 Å². The number of rotatable bonds is 9. The normalized spacial score (nSPS) is 10.7. The quantitative estimate of drug-likeness (QED) is 0.651. The predicted octanol–water partition coefficient (Wildman–Crippen LogP) is 4.51. The fraction of sp³-hybridized carbons (Fsp3) is 0.391. The molecule has 2 aromatic rings. The third-order valence-corrected chi connectivity index (χ3v) is 4.22. The number of anilines is 1. The van der Waals surface area contributed by atoms with Crippen LogP contribution in [0.15, 0.2) is 42.5 Å². The van der Waals surface area contributed by atoms with Gasteiger partial charge in [-0.1, -0.05) is 26.0 Å². The largest absolute Gasteiger partial charge is 0.493 e. The van der Waals surface area contributed by atoms with Gasteiger partial charge in [0.25, 0.3) is 11.8 Å². The zero-order valence-electron chi connectivity index (χ0n) is 17.7. The summed E-state index contributed by atoms with van der Waals surface area (Å²) in [4.78, 5) is 25.1. The van der Waals surface area contributed by atoms with Crippen molar-refractivity contribution in [2.45, 2.75) is 40.2 Å². The molecular formula is C23H30N2O4. The molecule has 0 aliphatic rings. The number of methoxy groups -OCH3 is 1. The number of benzene rings is 2. The second-order valence-corrected chi connectivity index (χ2v) is 7.52. The number of para-hydroxylation sites is 1. The molecule has 0 saturated heterocycles. The van der Waals surface area contributed by atoms with Gasteiger partial charge < -0.3 is 20.1 Å². The molecule has 6 nitrogen and oxygen atoms in total. The third kappa shape index (κ3) is 6.52. The number of nitrogens with one attached hydrogen (secondary N) is 2. The SMILES string of the molecule is COc1cc(C(=O)Nc2ccccc2C(=O)NC(C)C)ccc1OCCC(C)C. The van der Waals surface area contributed by atoms with E-state index in [1.165, 1.54) is 7.11 Å². The molecule has 0 heterocycles. The summed E-state index contributed by atoms with van der Waals surface area (Å²) in [7, 11) is 1.54. The maximum atomic E-state index is 12.8. The lowest BCUT2D eigenvalue weighted by atomic mass is 10.1. The molecule has 2 N–H and O–H groups in total. The summed E-state index contributed by atoms with van der Waals surface area (Å²) in [6, 6.07) is 12.0. The zero-order valence-corrected chi connectivity index (χ0v) is 17.7. The first-order chi connectivity index (χ1) is 13.8.